The van der Waals surface area contributed by atoms with E-state index in [1.165, 1.54) is 26.4 Å². The van der Waals surface area contributed by atoms with Gasteiger partial charge < -0.3 is 18.5 Å². The Morgan fingerprint density at radius 3 is 2.46 bits per heavy atom. The molecule has 0 atom stereocenters. The lowest BCUT2D eigenvalue weighted by molar-refractivity contribution is -0.123. The first-order valence-corrected chi connectivity index (χ1v) is 11.4. The van der Waals surface area contributed by atoms with Crippen molar-refractivity contribution in [3.8, 4) is 5.69 Å². The lowest BCUT2D eigenvalue weighted by atomic mass is 10.1. The number of methoxy groups -OCH3 is 2. The molecule has 4 rings (SSSR count). The fourth-order valence-corrected chi connectivity index (χ4v) is 4.69. The molecule has 0 saturated carbocycles. The number of thioether (sulfide) groups is 1. The van der Waals surface area contributed by atoms with Gasteiger partial charge in [-0.2, -0.15) is 0 Å². The number of hydrogen-bond donors (Lipinski definition) is 0. The van der Waals surface area contributed by atoms with Gasteiger partial charge in [0.1, 0.15) is 5.76 Å². The number of esters is 2. The third-order valence-electron chi connectivity index (χ3n) is 5.54. The third kappa shape index (κ3) is 4.52. The lowest BCUT2D eigenvalue weighted by Gasteiger charge is -2.13. The quantitative estimate of drug-likeness (QED) is 0.364. The van der Waals surface area contributed by atoms with Crippen LogP contribution in [0, 0.1) is 13.8 Å². The van der Waals surface area contributed by atoms with Crippen LogP contribution >= 0.6 is 11.8 Å². The predicted molar refractivity (Wildman–Crippen MR) is 128 cm³/mol. The van der Waals surface area contributed by atoms with Crippen LogP contribution in [0.4, 0.5) is 4.79 Å². The van der Waals surface area contributed by atoms with Crippen molar-refractivity contribution in [2.45, 2.75) is 20.4 Å². The molecule has 0 spiro atoms. The van der Waals surface area contributed by atoms with E-state index in [1.807, 2.05) is 36.6 Å². The highest BCUT2D eigenvalue weighted by Gasteiger charge is 2.36. The maximum atomic E-state index is 13.0. The van der Waals surface area contributed by atoms with Gasteiger partial charge in [0.2, 0.25) is 5.76 Å². The number of carbonyl (C=O) groups is 4. The SMILES string of the molecule is COC(=O)c1ccc(CN2C(=O)SC(=Cc3cc(C)n(-c4ccccc4C(=O)OC)c3C)C2=O)o1. The Bertz CT molecular complexity index is 1380. The second-order valence-electron chi connectivity index (χ2n) is 7.70. The van der Waals surface area contributed by atoms with E-state index in [1.54, 1.807) is 18.2 Å². The molecule has 0 bridgehead atoms. The van der Waals surface area contributed by atoms with Gasteiger partial charge >= 0.3 is 11.9 Å². The van der Waals surface area contributed by atoms with Crippen LogP contribution in [0.1, 0.15) is 43.6 Å². The number of para-hydroxylation sites is 1. The number of hydrogen-bond acceptors (Lipinski definition) is 8. The van der Waals surface area contributed by atoms with Crippen LogP contribution in [0.5, 0.6) is 0 Å². The van der Waals surface area contributed by atoms with Crippen molar-refractivity contribution < 1.29 is 33.1 Å². The van der Waals surface area contributed by atoms with Gasteiger partial charge in [-0.05, 0) is 67.6 Å². The van der Waals surface area contributed by atoms with Gasteiger partial charge in [-0.15, -0.1) is 0 Å². The van der Waals surface area contributed by atoms with Crippen molar-refractivity contribution in [3.05, 3.63) is 81.4 Å². The maximum Gasteiger partial charge on any atom is 0.373 e. The van der Waals surface area contributed by atoms with E-state index in [4.69, 9.17) is 9.15 Å². The minimum atomic E-state index is -0.644. The van der Waals surface area contributed by atoms with Crippen LogP contribution in [0.15, 0.2) is 51.8 Å². The summed E-state index contributed by atoms with van der Waals surface area (Å²) >= 11 is 0.827. The van der Waals surface area contributed by atoms with E-state index >= 15 is 0 Å². The number of aryl methyl sites for hydroxylation is 1. The molecule has 0 radical (unpaired) electrons. The predicted octanol–water partition coefficient (Wildman–Crippen LogP) is 4.50. The van der Waals surface area contributed by atoms with Crippen LogP contribution < -0.4 is 0 Å². The summed E-state index contributed by atoms with van der Waals surface area (Å²) in [4.78, 5) is 50.7. The summed E-state index contributed by atoms with van der Waals surface area (Å²) in [5, 5.41) is -0.442. The van der Waals surface area contributed by atoms with Crippen LogP contribution in [0.2, 0.25) is 0 Å². The summed E-state index contributed by atoms with van der Waals surface area (Å²) < 4.78 is 16.8. The molecule has 1 saturated heterocycles. The molecule has 1 aromatic carbocycles. The van der Waals surface area contributed by atoms with E-state index in [0.29, 0.717) is 11.3 Å². The molecule has 10 heteroatoms. The average Bonchev–Trinajstić information content (AvgIpc) is 3.51. The van der Waals surface area contributed by atoms with E-state index in [0.717, 1.165) is 33.6 Å². The summed E-state index contributed by atoms with van der Waals surface area (Å²) in [6, 6.07) is 11.9. The topological polar surface area (TPSA) is 108 Å². The Kier molecular flexibility index (Phi) is 6.65. The highest BCUT2D eigenvalue weighted by molar-refractivity contribution is 8.18. The van der Waals surface area contributed by atoms with E-state index in [9.17, 15) is 19.2 Å². The summed E-state index contributed by atoms with van der Waals surface area (Å²) in [6.07, 6.45) is 1.66. The summed E-state index contributed by atoms with van der Waals surface area (Å²) in [6.45, 7) is 3.65. The second kappa shape index (κ2) is 9.67. The number of furan rings is 1. The number of aromatic nitrogens is 1. The van der Waals surface area contributed by atoms with Gasteiger partial charge in [0.05, 0.1) is 36.9 Å². The van der Waals surface area contributed by atoms with Crippen LogP contribution in [0.3, 0.4) is 0 Å². The summed E-state index contributed by atoms with van der Waals surface area (Å²) in [5.41, 5.74) is 3.43. The third-order valence-corrected chi connectivity index (χ3v) is 6.45. The molecule has 3 heterocycles. The molecular formula is C25H22N2O7S. The molecule has 9 nitrogen and oxygen atoms in total. The number of carbonyl (C=O) groups excluding carboxylic acids is 4. The second-order valence-corrected chi connectivity index (χ2v) is 8.69. The largest absolute Gasteiger partial charge is 0.465 e. The number of imide groups is 1. The molecule has 1 aliphatic heterocycles. The first-order chi connectivity index (χ1) is 16.7. The molecule has 180 valence electrons. The van der Waals surface area contributed by atoms with Crippen LogP contribution in [0.25, 0.3) is 11.8 Å². The number of nitrogens with zero attached hydrogens (tertiary/aromatic N) is 2. The zero-order chi connectivity index (χ0) is 25.3. The van der Waals surface area contributed by atoms with Crippen molar-refractivity contribution in [2.24, 2.45) is 0 Å². The number of rotatable bonds is 6. The van der Waals surface area contributed by atoms with Crippen molar-refractivity contribution >= 4 is 40.9 Å². The average molecular weight is 495 g/mol. The molecule has 0 unspecified atom stereocenters. The molecule has 3 aromatic rings. The molecule has 1 fully saturated rings. The lowest BCUT2D eigenvalue weighted by Crippen LogP contribution is -2.27. The Labute approximate surface area is 205 Å². The van der Waals surface area contributed by atoms with Crippen LogP contribution in [-0.2, 0) is 20.8 Å². The summed E-state index contributed by atoms with van der Waals surface area (Å²) in [7, 11) is 2.56. The van der Waals surface area contributed by atoms with Gasteiger partial charge in [-0.3, -0.25) is 14.5 Å². The van der Waals surface area contributed by atoms with Gasteiger partial charge in [0.25, 0.3) is 11.1 Å². The standard InChI is InChI=1S/C25H22N2O7S/c1-14-11-16(15(2)27(14)19-8-6-5-7-18(19)23(29)32-3)12-21-22(28)26(25(31)35-21)13-17-9-10-20(34-17)24(30)33-4/h5-12H,13H2,1-4H3. The van der Waals surface area contributed by atoms with Crippen molar-refractivity contribution in [1.82, 2.24) is 9.47 Å². The zero-order valence-corrected chi connectivity index (χ0v) is 20.3. The van der Waals surface area contributed by atoms with Gasteiger partial charge in [-0.1, -0.05) is 12.1 Å². The highest BCUT2D eigenvalue weighted by Crippen LogP contribution is 2.35. The molecule has 2 amide bonds. The minimum Gasteiger partial charge on any atom is -0.465 e. The fraction of sp³-hybridized carbons (Fsp3) is 0.200. The van der Waals surface area contributed by atoms with Gasteiger partial charge in [0.15, 0.2) is 0 Å². The van der Waals surface area contributed by atoms with Crippen molar-refractivity contribution in [1.29, 1.82) is 0 Å². The first-order valence-electron chi connectivity index (χ1n) is 10.5. The first kappa shape index (κ1) is 24.1. The smallest absolute Gasteiger partial charge is 0.373 e. The normalized spacial score (nSPS) is 14.6. The van der Waals surface area contributed by atoms with Gasteiger partial charge in [-0.25, -0.2) is 9.59 Å². The molecule has 0 aliphatic carbocycles. The number of ether oxygens (including phenoxy) is 2. The minimum absolute atomic E-state index is 0.00955. The molecule has 2 aromatic heterocycles. The Morgan fingerprint density at radius 2 is 1.74 bits per heavy atom. The van der Waals surface area contributed by atoms with Gasteiger partial charge in [0, 0.05) is 11.4 Å². The number of benzene rings is 1. The van der Waals surface area contributed by atoms with E-state index in [-0.39, 0.29) is 23.0 Å². The Hall–Kier alpha value is -4.05. The van der Waals surface area contributed by atoms with E-state index in [2.05, 4.69) is 4.74 Å². The molecule has 0 N–H and O–H groups in total. The van der Waals surface area contributed by atoms with E-state index < -0.39 is 23.1 Å². The van der Waals surface area contributed by atoms with Crippen molar-refractivity contribution in [2.75, 3.05) is 14.2 Å². The van der Waals surface area contributed by atoms with Crippen LogP contribution in [-0.4, -0.2) is 46.8 Å². The fourth-order valence-electron chi connectivity index (χ4n) is 3.86. The summed E-state index contributed by atoms with van der Waals surface area (Å²) in [5.74, 6) is -1.29. The highest BCUT2D eigenvalue weighted by atomic mass is 32.2. The number of amides is 2. The Balaban J connectivity index is 1.62. The maximum absolute atomic E-state index is 13.0. The molecule has 1 aliphatic rings. The molecular weight excluding hydrogens is 472 g/mol. The Morgan fingerprint density at radius 1 is 1.03 bits per heavy atom. The zero-order valence-electron chi connectivity index (χ0n) is 19.5. The monoisotopic (exact) mass is 494 g/mol. The molecule has 35 heavy (non-hydrogen) atoms. The van der Waals surface area contributed by atoms with Crippen molar-refractivity contribution in [3.63, 3.8) is 0 Å².